The molecule has 0 amide bonds. The van der Waals surface area contributed by atoms with E-state index in [0.29, 0.717) is 0 Å². The molecule has 0 fully saturated rings. The highest BCUT2D eigenvalue weighted by molar-refractivity contribution is 9.10. The quantitative estimate of drug-likeness (QED) is 0.454. The van der Waals surface area contributed by atoms with E-state index in [4.69, 9.17) is 42.8 Å². The Morgan fingerprint density at radius 1 is 1.15 bits per heavy atom. The molecule has 0 rings (SSSR count). The van der Waals surface area contributed by atoms with Crippen molar-refractivity contribution in [3.05, 3.63) is 0 Å². The van der Waals surface area contributed by atoms with Gasteiger partial charge in [-0.2, -0.15) is 0 Å². The number of hydrogen-bond acceptors (Lipinski definition) is 2. The zero-order valence-electron chi connectivity index (χ0n) is 5.71. The minimum atomic E-state index is -5.24. The summed E-state index contributed by atoms with van der Waals surface area (Å²) >= 11 is 12.7. The SMILES string of the molecule is O=P(O)(O)C(Cl)(C(Cl)Br)P(=O)(O)O. The van der Waals surface area contributed by atoms with Crippen molar-refractivity contribution < 1.29 is 28.7 Å². The van der Waals surface area contributed by atoms with Gasteiger partial charge in [0.1, 0.15) is 4.29 Å². The molecule has 0 saturated carbocycles. The van der Waals surface area contributed by atoms with E-state index in [1.807, 2.05) is 0 Å². The summed E-state index contributed by atoms with van der Waals surface area (Å²) in [7, 11) is -10.5. The van der Waals surface area contributed by atoms with Crippen molar-refractivity contribution in [3.8, 4) is 0 Å². The summed E-state index contributed by atoms with van der Waals surface area (Å²) in [6.07, 6.45) is 0. The van der Waals surface area contributed by atoms with E-state index in [2.05, 4.69) is 15.9 Å². The predicted molar refractivity (Wildman–Crippen MR) is 51.2 cm³/mol. The third-order valence-electron chi connectivity index (χ3n) is 1.09. The van der Waals surface area contributed by atoms with Crippen LogP contribution in [-0.2, 0) is 9.13 Å². The normalized spacial score (nSPS) is 17.2. The average Bonchev–Trinajstić information content (AvgIpc) is 1.80. The van der Waals surface area contributed by atoms with E-state index in [9.17, 15) is 9.13 Å². The average molecular weight is 338 g/mol. The second kappa shape index (κ2) is 4.08. The van der Waals surface area contributed by atoms with Crippen LogP contribution >= 0.6 is 54.3 Å². The number of halogens is 3. The van der Waals surface area contributed by atoms with Gasteiger partial charge in [0.15, 0.2) is 0 Å². The molecule has 0 saturated heterocycles. The topological polar surface area (TPSA) is 115 Å². The highest BCUT2D eigenvalue weighted by Gasteiger charge is 2.63. The van der Waals surface area contributed by atoms with Gasteiger partial charge in [-0.25, -0.2) is 0 Å². The van der Waals surface area contributed by atoms with Gasteiger partial charge in [0.05, 0.1) is 0 Å². The van der Waals surface area contributed by atoms with Crippen LogP contribution in [0.2, 0.25) is 0 Å². The summed E-state index contributed by atoms with van der Waals surface area (Å²) in [6, 6.07) is 0. The molecule has 0 aliphatic rings. The maximum atomic E-state index is 10.7. The van der Waals surface area contributed by atoms with Gasteiger partial charge in [-0.1, -0.05) is 27.5 Å². The van der Waals surface area contributed by atoms with E-state index < -0.39 is 23.8 Å². The van der Waals surface area contributed by atoms with Crippen molar-refractivity contribution in [3.63, 3.8) is 0 Å². The first-order chi connectivity index (χ1) is 5.44. The second-order valence-corrected chi connectivity index (χ2v) is 8.97. The Morgan fingerprint density at radius 3 is 1.38 bits per heavy atom. The Kier molecular flexibility index (Phi) is 4.51. The lowest BCUT2D eigenvalue weighted by Gasteiger charge is -2.29. The molecule has 4 N–H and O–H groups in total. The standard InChI is InChI=1S/C2H5BrCl2O6P2/c3-1(4)2(5,12(6,7)8)13(9,10)11/h1H,(H2,6,7,8)(H2,9,10,11). The van der Waals surface area contributed by atoms with E-state index in [-0.39, 0.29) is 0 Å². The molecule has 0 aromatic rings. The van der Waals surface area contributed by atoms with Gasteiger partial charge in [0, 0.05) is 0 Å². The molecule has 0 spiro atoms. The monoisotopic (exact) mass is 336 g/mol. The van der Waals surface area contributed by atoms with Crippen LogP contribution in [-0.4, -0.2) is 28.2 Å². The van der Waals surface area contributed by atoms with Crippen molar-refractivity contribution in [2.75, 3.05) is 0 Å². The first-order valence-corrected chi connectivity index (χ1v) is 7.48. The first-order valence-electron chi connectivity index (χ1n) is 2.53. The van der Waals surface area contributed by atoms with Crippen LogP contribution in [0.25, 0.3) is 0 Å². The van der Waals surface area contributed by atoms with Crippen molar-refractivity contribution in [2.24, 2.45) is 0 Å². The van der Waals surface area contributed by atoms with Crippen LogP contribution in [0.4, 0.5) is 0 Å². The highest BCUT2D eigenvalue weighted by atomic mass is 79.9. The summed E-state index contributed by atoms with van der Waals surface area (Å²) in [4.78, 5) is 34.5. The van der Waals surface area contributed by atoms with Crippen LogP contribution in [0, 0.1) is 0 Å². The van der Waals surface area contributed by atoms with Crippen molar-refractivity contribution in [1.29, 1.82) is 0 Å². The molecule has 0 aromatic carbocycles. The first kappa shape index (κ1) is 14.4. The fourth-order valence-corrected chi connectivity index (χ4v) is 4.65. The van der Waals surface area contributed by atoms with E-state index in [1.54, 1.807) is 0 Å². The van der Waals surface area contributed by atoms with Gasteiger partial charge in [-0.3, -0.25) is 9.13 Å². The van der Waals surface area contributed by atoms with Crippen LogP contribution in [0.15, 0.2) is 0 Å². The number of alkyl halides is 3. The Morgan fingerprint density at radius 2 is 1.38 bits per heavy atom. The zero-order chi connectivity index (χ0) is 11.1. The molecule has 0 aliphatic carbocycles. The lowest BCUT2D eigenvalue weighted by Crippen LogP contribution is -2.28. The minimum Gasteiger partial charge on any atom is -0.323 e. The molecule has 0 radical (unpaired) electrons. The van der Waals surface area contributed by atoms with Crippen LogP contribution in [0.3, 0.4) is 0 Å². The van der Waals surface area contributed by atoms with Gasteiger partial charge in [0.2, 0.25) is 0 Å². The Hall–Kier alpha value is 1.36. The highest BCUT2D eigenvalue weighted by Crippen LogP contribution is 2.74. The molecule has 1 atom stereocenters. The Balaban J connectivity index is 5.50. The summed E-state index contributed by atoms with van der Waals surface area (Å²) in [6.45, 7) is 0. The molecule has 0 bridgehead atoms. The van der Waals surface area contributed by atoms with Crippen LogP contribution < -0.4 is 0 Å². The summed E-state index contributed by atoms with van der Waals surface area (Å²) in [5, 5.41) is 0. The molecule has 80 valence electrons. The third kappa shape index (κ3) is 2.68. The Bertz CT molecular complexity index is 258. The molecule has 0 aliphatic heterocycles. The molecule has 6 nitrogen and oxygen atoms in total. The van der Waals surface area contributed by atoms with E-state index >= 15 is 0 Å². The van der Waals surface area contributed by atoms with Gasteiger partial charge >= 0.3 is 15.2 Å². The predicted octanol–water partition coefficient (Wildman–Crippen LogP) is 1.19. The molecular weight excluding hydrogens is 333 g/mol. The fraction of sp³-hybridized carbons (Fsp3) is 1.00. The molecule has 0 heterocycles. The van der Waals surface area contributed by atoms with E-state index in [1.165, 1.54) is 0 Å². The van der Waals surface area contributed by atoms with Gasteiger partial charge in [0.25, 0.3) is 4.36 Å². The smallest absolute Gasteiger partial charge is 0.323 e. The lowest BCUT2D eigenvalue weighted by atomic mass is 10.9. The summed E-state index contributed by atoms with van der Waals surface area (Å²) in [5.74, 6) is 0. The molecule has 13 heavy (non-hydrogen) atoms. The molecule has 0 aromatic heterocycles. The molecule has 1 unspecified atom stereocenters. The third-order valence-corrected chi connectivity index (χ3v) is 8.75. The van der Waals surface area contributed by atoms with Gasteiger partial charge < -0.3 is 19.6 Å². The largest absolute Gasteiger partial charge is 0.361 e. The van der Waals surface area contributed by atoms with Gasteiger partial charge in [-0.15, -0.1) is 11.6 Å². The summed E-state index contributed by atoms with van der Waals surface area (Å²) in [5.41, 5.74) is 0. The van der Waals surface area contributed by atoms with E-state index in [0.717, 1.165) is 0 Å². The molecule has 11 heteroatoms. The van der Waals surface area contributed by atoms with Crippen molar-refractivity contribution in [1.82, 2.24) is 0 Å². The van der Waals surface area contributed by atoms with Crippen LogP contribution in [0.1, 0.15) is 0 Å². The lowest BCUT2D eigenvalue weighted by molar-refractivity contribution is 0.333. The second-order valence-electron chi connectivity index (χ2n) is 2.03. The minimum absolute atomic E-state index is 1.76. The fourth-order valence-electron chi connectivity index (χ4n) is 0.424. The van der Waals surface area contributed by atoms with Crippen molar-refractivity contribution in [2.45, 2.75) is 8.64 Å². The number of rotatable bonds is 3. The number of hydrogen-bond donors (Lipinski definition) is 4. The zero-order valence-corrected chi connectivity index (χ0v) is 10.6. The van der Waals surface area contributed by atoms with Crippen LogP contribution in [0.5, 0.6) is 0 Å². The maximum absolute atomic E-state index is 10.7. The van der Waals surface area contributed by atoms with Gasteiger partial charge in [-0.05, 0) is 0 Å². The Labute approximate surface area is 91.7 Å². The van der Waals surface area contributed by atoms with Crippen molar-refractivity contribution >= 4 is 54.3 Å². The molecular formula is C2H5BrCl2O6P2. The summed E-state index contributed by atoms with van der Waals surface area (Å²) < 4.78 is 16.5. The maximum Gasteiger partial charge on any atom is 0.361 e.